The van der Waals surface area contributed by atoms with E-state index in [9.17, 15) is 13.2 Å². The zero-order valence-corrected chi connectivity index (χ0v) is 10.4. The van der Waals surface area contributed by atoms with Crippen LogP contribution in [0.25, 0.3) is 0 Å². The van der Waals surface area contributed by atoms with Crippen LogP contribution in [0, 0.1) is 0 Å². The molecular formula is C11H12F3N5O. The van der Waals surface area contributed by atoms with Crippen molar-refractivity contribution in [3.05, 3.63) is 41.7 Å². The van der Waals surface area contributed by atoms with Gasteiger partial charge in [-0.05, 0) is 6.07 Å². The van der Waals surface area contributed by atoms with Crippen LogP contribution in [0.2, 0.25) is 0 Å². The van der Waals surface area contributed by atoms with Crippen molar-refractivity contribution in [2.75, 3.05) is 0 Å². The average molecular weight is 287 g/mol. The molecule has 0 saturated carbocycles. The molecule has 1 atom stereocenters. The molecule has 0 bridgehead atoms. The van der Waals surface area contributed by atoms with Crippen LogP contribution in [0.3, 0.4) is 0 Å². The number of nitrogens with one attached hydrogen (secondary N) is 1. The third kappa shape index (κ3) is 3.25. The molecule has 1 heterocycles. The SMILES string of the molecule is Cn1cc(C(NN)c2ccccc2OC(F)(F)F)nn1. The van der Waals surface area contributed by atoms with Crippen LogP contribution < -0.4 is 16.0 Å². The molecule has 3 N–H and O–H groups in total. The topological polar surface area (TPSA) is 78.0 Å². The monoisotopic (exact) mass is 287 g/mol. The first kappa shape index (κ1) is 14.3. The summed E-state index contributed by atoms with van der Waals surface area (Å²) in [7, 11) is 1.64. The van der Waals surface area contributed by atoms with Gasteiger partial charge in [-0.2, -0.15) is 0 Å². The summed E-state index contributed by atoms with van der Waals surface area (Å²) in [5.74, 6) is 5.08. The van der Waals surface area contributed by atoms with Crippen LogP contribution in [0.1, 0.15) is 17.3 Å². The highest BCUT2D eigenvalue weighted by molar-refractivity contribution is 5.39. The second-order valence-electron chi connectivity index (χ2n) is 4.00. The number of aryl methyl sites for hydroxylation is 1. The lowest BCUT2D eigenvalue weighted by molar-refractivity contribution is -0.275. The summed E-state index contributed by atoms with van der Waals surface area (Å²) in [4.78, 5) is 0. The first-order valence-electron chi connectivity index (χ1n) is 5.57. The van der Waals surface area contributed by atoms with Gasteiger partial charge in [-0.25, -0.2) is 5.43 Å². The van der Waals surface area contributed by atoms with Crippen molar-refractivity contribution in [2.45, 2.75) is 12.4 Å². The fourth-order valence-corrected chi connectivity index (χ4v) is 1.77. The Morgan fingerprint density at radius 2 is 2.05 bits per heavy atom. The van der Waals surface area contributed by atoms with E-state index in [1.54, 1.807) is 19.3 Å². The molecule has 1 unspecified atom stereocenters. The highest BCUT2D eigenvalue weighted by atomic mass is 19.4. The van der Waals surface area contributed by atoms with E-state index < -0.39 is 12.4 Å². The number of nitrogens with zero attached hydrogens (tertiary/aromatic N) is 3. The molecule has 2 rings (SSSR count). The maximum Gasteiger partial charge on any atom is 0.573 e. The van der Waals surface area contributed by atoms with Crippen molar-refractivity contribution in [1.29, 1.82) is 0 Å². The molecule has 0 saturated heterocycles. The van der Waals surface area contributed by atoms with Gasteiger partial charge in [-0.3, -0.25) is 10.5 Å². The maximum absolute atomic E-state index is 12.4. The van der Waals surface area contributed by atoms with Gasteiger partial charge in [0.25, 0.3) is 0 Å². The van der Waals surface area contributed by atoms with Crippen molar-refractivity contribution < 1.29 is 17.9 Å². The number of hydrogen-bond donors (Lipinski definition) is 2. The Morgan fingerprint density at radius 1 is 1.35 bits per heavy atom. The second-order valence-corrected chi connectivity index (χ2v) is 4.00. The number of rotatable bonds is 4. The first-order valence-corrected chi connectivity index (χ1v) is 5.57. The molecule has 0 radical (unpaired) electrons. The van der Waals surface area contributed by atoms with Crippen molar-refractivity contribution >= 4 is 0 Å². The zero-order valence-electron chi connectivity index (χ0n) is 10.4. The summed E-state index contributed by atoms with van der Waals surface area (Å²) < 4.78 is 42.6. The van der Waals surface area contributed by atoms with E-state index in [1.165, 1.54) is 22.9 Å². The minimum absolute atomic E-state index is 0.216. The van der Waals surface area contributed by atoms with Gasteiger partial charge in [0.1, 0.15) is 11.4 Å². The summed E-state index contributed by atoms with van der Waals surface area (Å²) >= 11 is 0. The summed E-state index contributed by atoms with van der Waals surface area (Å²) in [5.41, 5.74) is 3.01. The van der Waals surface area contributed by atoms with Crippen molar-refractivity contribution in [3.8, 4) is 5.75 Å². The normalized spacial score (nSPS) is 13.2. The number of benzene rings is 1. The molecule has 2 aromatic rings. The highest BCUT2D eigenvalue weighted by Gasteiger charge is 2.33. The number of aromatic nitrogens is 3. The number of ether oxygens (including phenoxy) is 1. The molecule has 0 aliphatic rings. The van der Waals surface area contributed by atoms with E-state index in [0.29, 0.717) is 5.69 Å². The van der Waals surface area contributed by atoms with E-state index in [2.05, 4.69) is 20.5 Å². The summed E-state index contributed by atoms with van der Waals surface area (Å²) in [6.45, 7) is 0. The van der Waals surface area contributed by atoms with Crippen LogP contribution in [-0.2, 0) is 7.05 Å². The lowest BCUT2D eigenvalue weighted by Gasteiger charge is -2.18. The second kappa shape index (κ2) is 5.47. The lowest BCUT2D eigenvalue weighted by Crippen LogP contribution is -2.30. The number of halogens is 3. The average Bonchev–Trinajstić information content (AvgIpc) is 2.77. The molecule has 0 aliphatic heterocycles. The Bertz CT molecular complexity index is 583. The van der Waals surface area contributed by atoms with Crippen LogP contribution in [0.5, 0.6) is 5.75 Å². The third-order valence-corrected chi connectivity index (χ3v) is 2.54. The fourth-order valence-electron chi connectivity index (χ4n) is 1.77. The van der Waals surface area contributed by atoms with E-state index in [4.69, 9.17) is 5.84 Å². The molecule has 0 amide bonds. The smallest absolute Gasteiger partial charge is 0.405 e. The van der Waals surface area contributed by atoms with Crippen LogP contribution in [0.4, 0.5) is 13.2 Å². The Labute approximate surface area is 112 Å². The molecule has 0 spiro atoms. The lowest BCUT2D eigenvalue weighted by atomic mass is 10.0. The van der Waals surface area contributed by atoms with Crippen LogP contribution >= 0.6 is 0 Å². The fraction of sp³-hybridized carbons (Fsp3) is 0.273. The molecule has 1 aromatic heterocycles. The van der Waals surface area contributed by atoms with Gasteiger partial charge in [0, 0.05) is 12.6 Å². The number of nitrogens with two attached hydrogens (primary N) is 1. The molecule has 6 nitrogen and oxygen atoms in total. The summed E-state index contributed by atoms with van der Waals surface area (Å²) in [6.07, 6.45) is -3.23. The van der Waals surface area contributed by atoms with Gasteiger partial charge in [-0.1, -0.05) is 23.4 Å². The predicted octanol–water partition coefficient (Wildman–Crippen LogP) is 1.27. The Balaban J connectivity index is 2.39. The molecule has 108 valence electrons. The number of alkyl halides is 3. The van der Waals surface area contributed by atoms with Crippen molar-refractivity contribution in [3.63, 3.8) is 0 Å². The van der Waals surface area contributed by atoms with E-state index in [-0.39, 0.29) is 11.3 Å². The van der Waals surface area contributed by atoms with Gasteiger partial charge in [0.05, 0.1) is 12.2 Å². The van der Waals surface area contributed by atoms with Gasteiger partial charge in [0.15, 0.2) is 0 Å². The maximum atomic E-state index is 12.4. The molecule has 20 heavy (non-hydrogen) atoms. The van der Waals surface area contributed by atoms with E-state index in [0.717, 1.165) is 0 Å². The van der Waals surface area contributed by atoms with Crippen molar-refractivity contribution in [2.24, 2.45) is 12.9 Å². The molecule has 0 fully saturated rings. The Kier molecular flexibility index (Phi) is 3.91. The van der Waals surface area contributed by atoms with Gasteiger partial charge in [0.2, 0.25) is 0 Å². The summed E-state index contributed by atoms with van der Waals surface area (Å²) in [6, 6.07) is 4.94. The number of hydrazine groups is 1. The third-order valence-electron chi connectivity index (χ3n) is 2.54. The quantitative estimate of drug-likeness (QED) is 0.654. The van der Waals surface area contributed by atoms with Crippen LogP contribution in [-0.4, -0.2) is 21.4 Å². The first-order chi connectivity index (χ1) is 9.40. The zero-order chi connectivity index (χ0) is 14.8. The van der Waals surface area contributed by atoms with Crippen molar-refractivity contribution in [1.82, 2.24) is 20.4 Å². The predicted molar refractivity (Wildman–Crippen MR) is 63.3 cm³/mol. The van der Waals surface area contributed by atoms with E-state index >= 15 is 0 Å². The molecule has 9 heteroatoms. The number of para-hydroxylation sites is 1. The number of hydrogen-bond acceptors (Lipinski definition) is 5. The van der Waals surface area contributed by atoms with Crippen LogP contribution in [0.15, 0.2) is 30.5 Å². The van der Waals surface area contributed by atoms with Gasteiger partial charge in [-0.15, -0.1) is 18.3 Å². The van der Waals surface area contributed by atoms with E-state index in [1.807, 2.05) is 0 Å². The Morgan fingerprint density at radius 3 is 2.60 bits per heavy atom. The molecule has 1 aromatic carbocycles. The van der Waals surface area contributed by atoms with Gasteiger partial charge < -0.3 is 4.74 Å². The largest absolute Gasteiger partial charge is 0.573 e. The minimum Gasteiger partial charge on any atom is -0.405 e. The molecule has 0 aliphatic carbocycles. The minimum atomic E-state index is -4.78. The standard InChI is InChI=1S/C11H12F3N5O/c1-19-6-8(17-18-19)10(16-15)7-4-2-3-5-9(7)20-11(12,13)14/h2-6,10,16H,15H2,1H3. The highest BCUT2D eigenvalue weighted by Crippen LogP contribution is 2.32. The molecular weight excluding hydrogens is 275 g/mol. The van der Waals surface area contributed by atoms with Gasteiger partial charge >= 0.3 is 6.36 Å². The summed E-state index contributed by atoms with van der Waals surface area (Å²) in [5, 5.41) is 7.56. The Hall–Kier alpha value is -2.13.